The molecule has 112 valence electrons. The largest absolute Gasteiger partial charge is 0.466 e. The number of benzene rings is 2. The Labute approximate surface area is 133 Å². The number of para-hydroxylation sites is 2. The molecule has 1 aliphatic heterocycles. The number of hydrogen-bond acceptors (Lipinski definition) is 3. The van der Waals surface area contributed by atoms with Crippen LogP contribution in [-0.2, 0) is 10.4 Å². The monoisotopic (exact) mass is 302 g/mol. The van der Waals surface area contributed by atoms with Crippen molar-refractivity contribution < 1.29 is 9.53 Å². The number of carbonyl (C=O) groups excluding carboxylic acids is 1. The summed E-state index contributed by atoms with van der Waals surface area (Å²) in [4.78, 5) is 17.3. The third kappa shape index (κ3) is 2.07. The Bertz CT molecular complexity index is 850. The molecule has 23 heavy (non-hydrogen) atoms. The van der Waals surface area contributed by atoms with Crippen molar-refractivity contribution in [3.05, 3.63) is 90.3 Å². The minimum absolute atomic E-state index is 0.235. The van der Waals surface area contributed by atoms with Crippen LogP contribution in [0.1, 0.15) is 11.3 Å². The minimum Gasteiger partial charge on any atom is -0.466 e. The Kier molecular flexibility index (Phi) is 3.08. The van der Waals surface area contributed by atoms with Gasteiger partial charge in [0.05, 0.1) is 5.69 Å². The zero-order chi connectivity index (χ0) is 15.7. The van der Waals surface area contributed by atoms with Gasteiger partial charge in [-0.15, -0.1) is 0 Å². The molecule has 1 aromatic heterocycles. The Morgan fingerprint density at radius 3 is 2.39 bits per heavy atom. The molecule has 3 aromatic rings. The van der Waals surface area contributed by atoms with Gasteiger partial charge >= 0.3 is 0 Å². The lowest BCUT2D eigenvalue weighted by Crippen LogP contribution is -2.42. The van der Waals surface area contributed by atoms with Gasteiger partial charge in [0.1, 0.15) is 5.75 Å². The van der Waals surface area contributed by atoms with Crippen molar-refractivity contribution in [2.24, 2.45) is 0 Å². The molecular formula is C19H14N2O2. The second-order valence-electron chi connectivity index (χ2n) is 5.31. The minimum atomic E-state index is -1.28. The second-order valence-corrected chi connectivity index (χ2v) is 5.31. The van der Waals surface area contributed by atoms with Gasteiger partial charge in [0.25, 0.3) is 11.5 Å². The van der Waals surface area contributed by atoms with E-state index in [-0.39, 0.29) is 5.91 Å². The van der Waals surface area contributed by atoms with Crippen molar-refractivity contribution in [3.8, 4) is 5.75 Å². The van der Waals surface area contributed by atoms with Gasteiger partial charge in [-0.2, -0.15) is 0 Å². The number of fused-ring (bicyclic) bond motifs is 1. The maximum atomic E-state index is 12.9. The molecule has 2 aromatic carbocycles. The van der Waals surface area contributed by atoms with Crippen LogP contribution in [0, 0.1) is 0 Å². The molecule has 1 N–H and O–H groups in total. The molecule has 0 spiro atoms. The molecule has 0 saturated carbocycles. The zero-order valence-electron chi connectivity index (χ0n) is 12.3. The number of ether oxygens (including phenoxy) is 1. The number of rotatable bonds is 3. The molecule has 1 atom stereocenters. The standard InChI is InChI=1S/C19H14N2O2/c22-18-19(17-12-6-7-13-20-17,23-14-8-2-1-3-9-14)15-10-4-5-11-16(15)21-18/h1-13H,(H,21,22). The van der Waals surface area contributed by atoms with Crippen LogP contribution in [0.3, 0.4) is 0 Å². The highest BCUT2D eigenvalue weighted by molar-refractivity contribution is 6.07. The van der Waals surface area contributed by atoms with Crippen LogP contribution in [0.25, 0.3) is 0 Å². The third-order valence-electron chi connectivity index (χ3n) is 3.91. The van der Waals surface area contributed by atoms with E-state index in [1.165, 1.54) is 0 Å². The molecule has 0 aliphatic carbocycles. The number of nitrogens with zero attached hydrogens (tertiary/aromatic N) is 1. The first-order valence-electron chi connectivity index (χ1n) is 7.37. The molecule has 1 unspecified atom stereocenters. The molecule has 1 aliphatic rings. The first-order chi connectivity index (χ1) is 11.3. The van der Waals surface area contributed by atoms with Crippen molar-refractivity contribution in [2.75, 3.05) is 5.32 Å². The number of anilines is 1. The van der Waals surface area contributed by atoms with Gasteiger partial charge in [-0.3, -0.25) is 9.78 Å². The van der Waals surface area contributed by atoms with Gasteiger partial charge in [0.15, 0.2) is 0 Å². The number of pyridine rings is 1. The molecule has 0 fully saturated rings. The number of amides is 1. The predicted molar refractivity (Wildman–Crippen MR) is 87.2 cm³/mol. The van der Waals surface area contributed by atoms with Crippen molar-refractivity contribution >= 4 is 11.6 Å². The van der Waals surface area contributed by atoms with Gasteiger partial charge < -0.3 is 10.1 Å². The van der Waals surface area contributed by atoms with Crippen molar-refractivity contribution in [3.63, 3.8) is 0 Å². The van der Waals surface area contributed by atoms with Crippen molar-refractivity contribution in [2.45, 2.75) is 5.60 Å². The highest BCUT2D eigenvalue weighted by atomic mass is 16.5. The average Bonchev–Trinajstić information content (AvgIpc) is 2.89. The highest BCUT2D eigenvalue weighted by Gasteiger charge is 2.52. The lowest BCUT2D eigenvalue weighted by molar-refractivity contribution is -0.127. The number of nitrogens with one attached hydrogen (secondary N) is 1. The third-order valence-corrected chi connectivity index (χ3v) is 3.91. The Morgan fingerprint density at radius 2 is 1.61 bits per heavy atom. The molecule has 4 nitrogen and oxygen atoms in total. The van der Waals surface area contributed by atoms with Gasteiger partial charge in [0.2, 0.25) is 0 Å². The van der Waals surface area contributed by atoms with Crippen LogP contribution in [-0.4, -0.2) is 10.9 Å². The van der Waals surface area contributed by atoms with Crippen LogP contribution in [0.4, 0.5) is 5.69 Å². The SMILES string of the molecule is O=C1Nc2ccccc2C1(Oc1ccccc1)c1ccccn1. The molecular weight excluding hydrogens is 288 g/mol. The summed E-state index contributed by atoms with van der Waals surface area (Å²) in [6, 6.07) is 22.3. The van der Waals surface area contributed by atoms with E-state index in [0.29, 0.717) is 11.4 Å². The first-order valence-corrected chi connectivity index (χ1v) is 7.37. The van der Waals surface area contributed by atoms with E-state index < -0.39 is 5.60 Å². The first kappa shape index (κ1) is 13.5. The van der Waals surface area contributed by atoms with E-state index in [4.69, 9.17) is 4.74 Å². The maximum absolute atomic E-state index is 12.9. The van der Waals surface area contributed by atoms with E-state index in [1.807, 2.05) is 72.8 Å². The molecule has 0 saturated heterocycles. The lowest BCUT2D eigenvalue weighted by Gasteiger charge is -2.28. The van der Waals surface area contributed by atoms with E-state index in [2.05, 4.69) is 10.3 Å². The van der Waals surface area contributed by atoms with Crippen molar-refractivity contribution in [1.29, 1.82) is 0 Å². The molecule has 0 radical (unpaired) electrons. The molecule has 4 rings (SSSR count). The van der Waals surface area contributed by atoms with E-state index >= 15 is 0 Å². The summed E-state index contributed by atoms with van der Waals surface area (Å²) >= 11 is 0. The highest BCUT2D eigenvalue weighted by Crippen LogP contribution is 2.43. The smallest absolute Gasteiger partial charge is 0.279 e. The summed E-state index contributed by atoms with van der Waals surface area (Å²) < 4.78 is 6.21. The Hall–Kier alpha value is -3.14. The summed E-state index contributed by atoms with van der Waals surface area (Å²) in [5.41, 5.74) is 0.803. The average molecular weight is 302 g/mol. The van der Waals surface area contributed by atoms with Crippen LogP contribution in [0.15, 0.2) is 79.0 Å². The number of aromatic nitrogens is 1. The second kappa shape index (κ2) is 5.25. The summed E-state index contributed by atoms with van der Waals surface area (Å²) in [6.07, 6.45) is 1.67. The lowest BCUT2D eigenvalue weighted by atomic mass is 9.90. The number of hydrogen-bond donors (Lipinski definition) is 1. The van der Waals surface area contributed by atoms with E-state index in [0.717, 1.165) is 11.3 Å². The normalized spacial score (nSPS) is 19.0. The van der Waals surface area contributed by atoms with Crippen molar-refractivity contribution in [1.82, 2.24) is 4.98 Å². The molecule has 1 amide bonds. The number of carbonyl (C=O) groups is 1. The summed E-state index contributed by atoms with van der Waals surface area (Å²) in [5.74, 6) is 0.381. The Balaban J connectivity index is 1.94. The molecule has 0 bridgehead atoms. The van der Waals surface area contributed by atoms with E-state index in [9.17, 15) is 4.79 Å². The van der Waals surface area contributed by atoms with Crippen LogP contribution < -0.4 is 10.1 Å². The van der Waals surface area contributed by atoms with E-state index in [1.54, 1.807) is 6.20 Å². The van der Waals surface area contributed by atoms with Gasteiger partial charge in [-0.05, 0) is 30.3 Å². The molecule has 2 heterocycles. The predicted octanol–water partition coefficient (Wildman–Crippen LogP) is 3.36. The van der Waals surface area contributed by atoms with Gasteiger partial charge in [-0.1, -0.05) is 42.5 Å². The zero-order valence-corrected chi connectivity index (χ0v) is 12.3. The summed E-state index contributed by atoms with van der Waals surface area (Å²) in [5, 5.41) is 2.90. The van der Waals surface area contributed by atoms with Gasteiger partial charge in [0, 0.05) is 17.4 Å². The quantitative estimate of drug-likeness (QED) is 0.807. The summed E-state index contributed by atoms with van der Waals surface area (Å²) in [6.45, 7) is 0. The van der Waals surface area contributed by atoms with Crippen LogP contribution in [0.5, 0.6) is 5.75 Å². The molecule has 4 heteroatoms. The fourth-order valence-electron chi connectivity index (χ4n) is 2.88. The summed E-state index contributed by atoms with van der Waals surface area (Å²) in [7, 11) is 0. The van der Waals surface area contributed by atoms with Crippen LogP contribution >= 0.6 is 0 Å². The van der Waals surface area contributed by atoms with Crippen LogP contribution in [0.2, 0.25) is 0 Å². The Morgan fingerprint density at radius 1 is 0.870 bits per heavy atom. The maximum Gasteiger partial charge on any atom is 0.279 e. The topological polar surface area (TPSA) is 51.2 Å². The fraction of sp³-hybridized carbons (Fsp3) is 0.0526. The van der Waals surface area contributed by atoms with Gasteiger partial charge in [-0.25, -0.2) is 0 Å². The fourth-order valence-corrected chi connectivity index (χ4v) is 2.88.